The van der Waals surface area contributed by atoms with Gasteiger partial charge >= 0.3 is 0 Å². The molecule has 0 aliphatic rings. The molecule has 0 atom stereocenters. The second-order valence-corrected chi connectivity index (χ2v) is 4.77. The summed E-state index contributed by atoms with van der Waals surface area (Å²) in [6.45, 7) is 3.11. The Morgan fingerprint density at radius 3 is 2.90 bits per heavy atom. The maximum Gasteiger partial charge on any atom is 0.161 e. The second-order valence-electron chi connectivity index (χ2n) is 4.01. The minimum absolute atomic E-state index is 0.0305. The number of ether oxygens (including phenoxy) is 2. The van der Waals surface area contributed by atoms with E-state index in [1.165, 1.54) is 11.5 Å². The molecule has 2 rings (SSSR count). The topological polar surface area (TPSA) is 76.5 Å². The Kier molecular flexibility index (Phi) is 5.14. The molecule has 0 radical (unpaired) electrons. The SMILES string of the molecule is CCNc1snnc1COc1ccc(CO)cc1OC. The molecular formula is C13H17N3O3S. The van der Waals surface area contributed by atoms with Gasteiger partial charge in [-0.05, 0) is 24.6 Å². The predicted octanol–water partition coefficient (Wildman–Crippen LogP) is 2.05. The fourth-order valence-corrected chi connectivity index (χ4v) is 2.31. The van der Waals surface area contributed by atoms with E-state index in [0.29, 0.717) is 18.1 Å². The van der Waals surface area contributed by atoms with Crippen molar-refractivity contribution in [3.05, 3.63) is 29.5 Å². The van der Waals surface area contributed by atoms with Gasteiger partial charge in [0.1, 0.15) is 17.3 Å². The van der Waals surface area contributed by atoms with Crippen LogP contribution in [0.2, 0.25) is 0 Å². The van der Waals surface area contributed by atoms with Crippen LogP contribution in [0, 0.1) is 0 Å². The van der Waals surface area contributed by atoms with Gasteiger partial charge in [0.15, 0.2) is 11.5 Å². The van der Waals surface area contributed by atoms with Gasteiger partial charge in [0.25, 0.3) is 0 Å². The Morgan fingerprint density at radius 1 is 1.35 bits per heavy atom. The fraction of sp³-hybridized carbons (Fsp3) is 0.385. The number of nitrogens with one attached hydrogen (secondary N) is 1. The van der Waals surface area contributed by atoms with Crippen molar-refractivity contribution in [3.63, 3.8) is 0 Å². The standard InChI is InChI=1S/C13H17N3O3S/c1-3-14-13-10(15-16-20-13)8-19-11-5-4-9(7-17)6-12(11)18-2/h4-6,14,17H,3,7-8H2,1-2H3. The van der Waals surface area contributed by atoms with Crippen molar-refractivity contribution >= 4 is 16.5 Å². The van der Waals surface area contributed by atoms with E-state index >= 15 is 0 Å². The summed E-state index contributed by atoms with van der Waals surface area (Å²) in [6.07, 6.45) is 0. The highest BCUT2D eigenvalue weighted by Crippen LogP contribution is 2.29. The van der Waals surface area contributed by atoms with Crippen LogP contribution in [0.3, 0.4) is 0 Å². The molecule has 0 fully saturated rings. The zero-order valence-corrected chi connectivity index (χ0v) is 12.2. The Morgan fingerprint density at radius 2 is 2.20 bits per heavy atom. The lowest BCUT2D eigenvalue weighted by molar-refractivity contribution is 0.272. The normalized spacial score (nSPS) is 10.3. The summed E-state index contributed by atoms with van der Waals surface area (Å²) in [4.78, 5) is 0. The van der Waals surface area contributed by atoms with E-state index in [1.54, 1.807) is 25.3 Å². The number of aromatic nitrogens is 2. The average Bonchev–Trinajstić information content (AvgIpc) is 2.92. The van der Waals surface area contributed by atoms with Crippen LogP contribution < -0.4 is 14.8 Å². The van der Waals surface area contributed by atoms with Gasteiger partial charge < -0.3 is 19.9 Å². The molecule has 1 aromatic heterocycles. The summed E-state index contributed by atoms with van der Waals surface area (Å²) in [5.74, 6) is 1.20. The van der Waals surface area contributed by atoms with Crippen molar-refractivity contribution in [1.29, 1.82) is 0 Å². The largest absolute Gasteiger partial charge is 0.493 e. The molecule has 0 aliphatic heterocycles. The highest BCUT2D eigenvalue weighted by atomic mass is 32.1. The zero-order valence-electron chi connectivity index (χ0n) is 11.4. The minimum Gasteiger partial charge on any atom is -0.493 e. The van der Waals surface area contributed by atoms with Gasteiger partial charge in [0.05, 0.1) is 13.7 Å². The molecule has 0 unspecified atom stereocenters. The van der Waals surface area contributed by atoms with Crippen LogP contribution in [0.15, 0.2) is 18.2 Å². The van der Waals surface area contributed by atoms with Crippen LogP contribution in [0.4, 0.5) is 5.00 Å². The van der Waals surface area contributed by atoms with Gasteiger partial charge in [-0.2, -0.15) is 0 Å². The van der Waals surface area contributed by atoms with Gasteiger partial charge in [0.2, 0.25) is 0 Å². The third-order valence-corrected chi connectivity index (χ3v) is 3.39. The molecule has 2 aromatic rings. The molecular weight excluding hydrogens is 278 g/mol. The molecule has 1 heterocycles. The second kappa shape index (κ2) is 7.06. The Labute approximate surface area is 121 Å². The van der Waals surface area contributed by atoms with Crippen LogP contribution in [-0.2, 0) is 13.2 Å². The molecule has 0 saturated carbocycles. The first kappa shape index (κ1) is 14.5. The first-order valence-electron chi connectivity index (χ1n) is 6.24. The molecule has 1 aromatic carbocycles. The number of hydrogen-bond acceptors (Lipinski definition) is 7. The molecule has 6 nitrogen and oxygen atoms in total. The van der Waals surface area contributed by atoms with Crippen LogP contribution in [0.1, 0.15) is 18.2 Å². The van der Waals surface area contributed by atoms with E-state index < -0.39 is 0 Å². The molecule has 0 saturated heterocycles. The van der Waals surface area contributed by atoms with Gasteiger partial charge in [-0.15, -0.1) is 5.10 Å². The van der Waals surface area contributed by atoms with Crippen molar-refractivity contribution in [2.75, 3.05) is 19.0 Å². The third kappa shape index (κ3) is 3.37. The summed E-state index contributed by atoms with van der Waals surface area (Å²) < 4.78 is 14.9. The molecule has 2 N–H and O–H groups in total. The molecule has 7 heteroatoms. The number of aliphatic hydroxyl groups is 1. The molecule has 0 aliphatic carbocycles. The van der Waals surface area contributed by atoms with Gasteiger partial charge in [-0.25, -0.2) is 0 Å². The number of hydrogen-bond donors (Lipinski definition) is 2. The number of benzene rings is 1. The van der Waals surface area contributed by atoms with E-state index in [0.717, 1.165) is 22.8 Å². The first-order valence-corrected chi connectivity index (χ1v) is 7.01. The van der Waals surface area contributed by atoms with Crippen molar-refractivity contribution in [3.8, 4) is 11.5 Å². The van der Waals surface area contributed by atoms with E-state index in [-0.39, 0.29) is 6.61 Å². The van der Waals surface area contributed by atoms with Gasteiger partial charge in [0, 0.05) is 18.1 Å². The monoisotopic (exact) mass is 295 g/mol. The maximum absolute atomic E-state index is 9.10. The summed E-state index contributed by atoms with van der Waals surface area (Å²) in [5, 5.41) is 17.2. The number of aliphatic hydroxyl groups excluding tert-OH is 1. The predicted molar refractivity (Wildman–Crippen MR) is 77.3 cm³/mol. The molecule has 108 valence electrons. The van der Waals surface area contributed by atoms with E-state index in [1.807, 2.05) is 6.92 Å². The summed E-state index contributed by atoms with van der Waals surface area (Å²) >= 11 is 1.31. The minimum atomic E-state index is -0.0305. The maximum atomic E-state index is 9.10. The summed E-state index contributed by atoms with van der Waals surface area (Å²) in [6, 6.07) is 5.32. The number of anilines is 1. The Bertz CT molecular complexity index is 560. The quantitative estimate of drug-likeness (QED) is 0.814. The van der Waals surface area contributed by atoms with Crippen molar-refractivity contribution in [2.45, 2.75) is 20.1 Å². The van der Waals surface area contributed by atoms with Crippen LogP contribution in [0.5, 0.6) is 11.5 Å². The van der Waals surface area contributed by atoms with Gasteiger partial charge in [-0.1, -0.05) is 10.6 Å². The lowest BCUT2D eigenvalue weighted by atomic mass is 10.2. The Balaban J connectivity index is 2.08. The van der Waals surface area contributed by atoms with E-state index in [4.69, 9.17) is 14.6 Å². The number of methoxy groups -OCH3 is 1. The van der Waals surface area contributed by atoms with Crippen LogP contribution in [-0.4, -0.2) is 28.3 Å². The molecule has 20 heavy (non-hydrogen) atoms. The lowest BCUT2D eigenvalue weighted by Gasteiger charge is -2.11. The molecule has 0 spiro atoms. The smallest absolute Gasteiger partial charge is 0.161 e. The number of nitrogens with zero attached hydrogens (tertiary/aromatic N) is 2. The summed E-state index contributed by atoms with van der Waals surface area (Å²) in [5.41, 5.74) is 1.54. The fourth-order valence-electron chi connectivity index (χ4n) is 1.67. The van der Waals surface area contributed by atoms with Crippen molar-refractivity contribution in [1.82, 2.24) is 9.59 Å². The lowest BCUT2D eigenvalue weighted by Crippen LogP contribution is -2.03. The Hall–Kier alpha value is -1.86. The van der Waals surface area contributed by atoms with E-state index in [2.05, 4.69) is 14.9 Å². The highest BCUT2D eigenvalue weighted by molar-refractivity contribution is 7.10. The highest BCUT2D eigenvalue weighted by Gasteiger charge is 2.10. The summed E-state index contributed by atoms with van der Waals surface area (Å²) in [7, 11) is 1.57. The third-order valence-electron chi connectivity index (χ3n) is 2.67. The van der Waals surface area contributed by atoms with Crippen molar-refractivity contribution in [2.24, 2.45) is 0 Å². The van der Waals surface area contributed by atoms with Crippen LogP contribution in [0.25, 0.3) is 0 Å². The van der Waals surface area contributed by atoms with Crippen molar-refractivity contribution < 1.29 is 14.6 Å². The molecule has 0 bridgehead atoms. The number of rotatable bonds is 7. The zero-order chi connectivity index (χ0) is 14.4. The molecule has 0 amide bonds. The van der Waals surface area contributed by atoms with E-state index in [9.17, 15) is 0 Å². The van der Waals surface area contributed by atoms with Gasteiger partial charge in [-0.3, -0.25) is 0 Å². The average molecular weight is 295 g/mol. The first-order chi connectivity index (χ1) is 9.78. The van der Waals surface area contributed by atoms with Crippen LogP contribution >= 0.6 is 11.5 Å².